The SMILES string of the molecule is CCOC(c1noc([C@@H]2C[C@H](O)CN2)n1)C1CC1. The van der Waals surface area contributed by atoms with E-state index in [-0.39, 0.29) is 18.2 Å². The van der Waals surface area contributed by atoms with E-state index in [2.05, 4.69) is 15.5 Å². The summed E-state index contributed by atoms with van der Waals surface area (Å²) in [4.78, 5) is 4.43. The minimum atomic E-state index is -0.323. The number of β-amino-alcohol motifs (C(OH)–C–C–N with tert-alkyl or cyclic N) is 1. The number of nitrogens with zero attached hydrogens (tertiary/aromatic N) is 2. The predicted molar refractivity (Wildman–Crippen MR) is 62.8 cm³/mol. The van der Waals surface area contributed by atoms with E-state index < -0.39 is 0 Å². The van der Waals surface area contributed by atoms with Gasteiger partial charge in [0.1, 0.15) is 6.10 Å². The largest absolute Gasteiger partial charge is 0.392 e. The molecule has 2 heterocycles. The summed E-state index contributed by atoms with van der Waals surface area (Å²) in [7, 11) is 0. The molecule has 0 bridgehead atoms. The fourth-order valence-corrected chi connectivity index (χ4v) is 2.41. The summed E-state index contributed by atoms with van der Waals surface area (Å²) >= 11 is 0. The van der Waals surface area contributed by atoms with Gasteiger partial charge in [0.15, 0.2) is 0 Å². The van der Waals surface area contributed by atoms with Crippen LogP contribution in [0.5, 0.6) is 0 Å². The van der Waals surface area contributed by atoms with Gasteiger partial charge in [-0.15, -0.1) is 0 Å². The van der Waals surface area contributed by atoms with Crippen LogP contribution in [0.1, 0.15) is 50.0 Å². The smallest absolute Gasteiger partial charge is 0.243 e. The van der Waals surface area contributed by atoms with Crippen LogP contribution in [0.4, 0.5) is 0 Å². The third-order valence-corrected chi connectivity index (χ3v) is 3.51. The van der Waals surface area contributed by atoms with E-state index >= 15 is 0 Å². The van der Waals surface area contributed by atoms with Crippen LogP contribution in [0.15, 0.2) is 4.52 Å². The van der Waals surface area contributed by atoms with Gasteiger partial charge in [-0.3, -0.25) is 0 Å². The lowest BCUT2D eigenvalue weighted by Crippen LogP contribution is -2.15. The topological polar surface area (TPSA) is 80.4 Å². The van der Waals surface area contributed by atoms with Crippen molar-refractivity contribution in [2.45, 2.75) is 44.4 Å². The maximum Gasteiger partial charge on any atom is 0.243 e. The van der Waals surface area contributed by atoms with Gasteiger partial charge in [0, 0.05) is 13.2 Å². The molecule has 0 aromatic carbocycles. The van der Waals surface area contributed by atoms with Crippen molar-refractivity contribution in [2.75, 3.05) is 13.2 Å². The molecular weight excluding hydrogens is 234 g/mol. The van der Waals surface area contributed by atoms with Crippen molar-refractivity contribution < 1.29 is 14.4 Å². The van der Waals surface area contributed by atoms with Gasteiger partial charge in [0.25, 0.3) is 0 Å². The molecule has 1 aromatic heterocycles. The maximum atomic E-state index is 9.48. The molecule has 1 unspecified atom stereocenters. The van der Waals surface area contributed by atoms with Crippen molar-refractivity contribution in [2.24, 2.45) is 5.92 Å². The molecule has 1 aromatic rings. The van der Waals surface area contributed by atoms with Crippen LogP contribution >= 0.6 is 0 Å². The molecule has 2 fully saturated rings. The normalized spacial score (nSPS) is 29.7. The number of hydrogen-bond donors (Lipinski definition) is 2. The molecule has 1 aliphatic carbocycles. The molecule has 3 rings (SSSR count). The summed E-state index contributed by atoms with van der Waals surface area (Å²) in [5.74, 6) is 1.75. The summed E-state index contributed by atoms with van der Waals surface area (Å²) in [5, 5.41) is 16.7. The Balaban J connectivity index is 1.71. The van der Waals surface area contributed by atoms with Gasteiger partial charge in [0.05, 0.1) is 12.1 Å². The Kier molecular flexibility index (Phi) is 3.32. The molecule has 6 nitrogen and oxygen atoms in total. The summed E-state index contributed by atoms with van der Waals surface area (Å²) in [6, 6.07) is -0.0253. The number of aliphatic hydroxyl groups excluding tert-OH is 1. The van der Waals surface area contributed by atoms with Crippen LogP contribution in [0, 0.1) is 5.92 Å². The molecule has 18 heavy (non-hydrogen) atoms. The third-order valence-electron chi connectivity index (χ3n) is 3.51. The number of aliphatic hydroxyl groups is 1. The lowest BCUT2D eigenvalue weighted by atomic mass is 10.2. The molecule has 6 heteroatoms. The first-order chi connectivity index (χ1) is 8.78. The van der Waals surface area contributed by atoms with Crippen LogP contribution in [-0.2, 0) is 4.74 Å². The third kappa shape index (κ3) is 2.41. The van der Waals surface area contributed by atoms with Crippen molar-refractivity contribution in [3.63, 3.8) is 0 Å². The van der Waals surface area contributed by atoms with Gasteiger partial charge in [0.2, 0.25) is 11.7 Å². The fourth-order valence-electron chi connectivity index (χ4n) is 2.41. The molecular formula is C12H19N3O3. The second-order valence-corrected chi connectivity index (χ2v) is 5.05. The number of nitrogens with one attached hydrogen (secondary N) is 1. The highest BCUT2D eigenvalue weighted by Crippen LogP contribution is 2.42. The van der Waals surface area contributed by atoms with E-state index in [1.54, 1.807) is 0 Å². The summed E-state index contributed by atoms with van der Waals surface area (Å²) in [5.41, 5.74) is 0. The molecule has 2 N–H and O–H groups in total. The van der Waals surface area contributed by atoms with Gasteiger partial charge in [-0.05, 0) is 32.1 Å². The summed E-state index contributed by atoms with van der Waals surface area (Å²) in [6.45, 7) is 3.22. The van der Waals surface area contributed by atoms with Crippen LogP contribution < -0.4 is 5.32 Å². The Hall–Kier alpha value is -0.980. The van der Waals surface area contributed by atoms with Crippen LogP contribution in [0.25, 0.3) is 0 Å². The Bertz CT molecular complexity index is 405. The molecule has 3 atom stereocenters. The van der Waals surface area contributed by atoms with E-state index in [9.17, 15) is 5.11 Å². The fraction of sp³-hybridized carbons (Fsp3) is 0.833. The summed E-state index contributed by atoms with van der Waals surface area (Å²) in [6.07, 6.45) is 2.63. The van der Waals surface area contributed by atoms with Crippen molar-refractivity contribution in [3.05, 3.63) is 11.7 Å². The average Bonchev–Trinajstić information content (AvgIpc) is 2.91. The van der Waals surface area contributed by atoms with E-state index in [4.69, 9.17) is 9.26 Å². The molecule has 100 valence electrons. The highest BCUT2D eigenvalue weighted by atomic mass is 16.5. The first-order valence-corrected chi connectivity index (χ1v) is 6.64. The lowest BCUT2D eigenvalue weighted by molar-refractivity contribution is 0.0384. The van der Waals surface area contributed by atoms with Crippen LogP contribution in [0.2, 0.25) is 0 Å². The second kappa shape index (κ2) is 4.95. The minimum absolute atomic E-state index is 0.0253. The highest BCUT2D eigenvalue weighted by Gasteiger charge is 2.37. The molecule has 0 radical (unpaired) electrons. The van der Waals surface area contributed by atoms with Gasteiger partial charge in [-0.1, -0.05) is 5.16 Å². The first-order valence-electron chi connectivity index (χ1n) is 6.64. The molecule has 1 aliphatic heterocycles. The minimum Gasteiger partial charge on any atom is -0.392 e. The Labute approximate surface area is 106 Å². The van der Waals surface area contributed by atoms with E-state index in [0.29, 0.717) is 37.2 Å². The van der Waals surface area contributed by atoms with Crippen LogP contribution in [-0.4, -0.2) is 34.5 Å². The molecule has 0 amide bonds. The van der Waals surface area contributed by atoms with Crippen molar-refractivity contribution in [1.29, 1.82) is 0 Å². The zero-order valence-corrected chi connectivity index (χ0v) is 10.5. The van der Waals surface area contributed by atoms with E-state index in [0.717, 1.165) is 0 Å². The maximum absolute atomic E-state index is 9.48. The summed E-state index contributed by atoms with van der Waals surface area (Å²) < 4.78 is 11.0. The van der Waals surface area contributed by atoms with Gasteiger partial charge in [-0.25, -0.2) is 0 Å². The zero-order chi connectivity index (χ0) is 12.5. The average molecular weight is 253 g/mol. The van der Waals surface area contributed by atoms with E-state index in [1.807, 2.05) is 6.92 Å². The standard InChI is InChI=1S/C12H19N3O3/c1-2-17-10(7-3-4-7)11-14-12(18-15-11)9-5-8(16)6-13-9/h7-10,13,16H,2-6H2,1H3/t8-,9-,10?/m0/s1. The molecule has 0 spiro atoms. The Morgan fingerprint density at radius 3 is 3.00 bits per heavy atom. The molecule has 1 saturated heterocycles. The van der Waals surface area contributed by atoms with Crippen molar-refractivity contribution >= 4 is 0 Å². The predicted octanol–water partition coefficient (Wildman–Crippen LogP) is 0.953. The van der Waals surface area contributed by atoms with Crippen molar-refractivity contribution in [3.8, 4) is 0 Å². The van der Waals surface area contributed by atoms with Crippen molar-refractivity contribution in [1.82, 2.24) is 15.5 Å². The van der Waals surface area contributed by atoms with E-state index in [1.165, 1.54) is 12.8 Å². The number of ether oxygens (including phenoxy) is 1. The molecule has 1 saturated carbocycles. The molecule has 2 aliphatic rings. The zero-order valence-electron chi connectivity index (χ0n) is 10.5. The van der Waals surface area contributed by atoms with Crippen LogP contribution in [0.3, 0.4) is 0 Å². The lowest BCUT2D eigenvalue weighted by Gasteiger charge is -2.11. The quantitative estimate of drug-likeness (QED) is 0.813. The first kappa shape index (κ1) is 12.1. The van der Waals surface area contributed by atoms with Gasteiger partial charge < -0.3 is 19.7 Å². The Morgan fingerprint density at radius 1 is 1.56 bits per heavy atom. The highest BCUT2D eigenvalue weighted by molar-refractivity contribution is 5.02. The number of hydrogen-bond acceptors (Lipinski definition) is 6. The number of aromatic nitrogens is 2. The number of rotatable bonds is 5. The second-order valence-electron chi connectivity index (χ2n) is 5.05. The van der Waals surface area contributed by atoms with Gasteiger partial charge in [-0.2, -0.15) is 4.98 Å². The monoisotopic (exact) mass is 253 g/mol. The Morgan fingerprint density at radius 2 is 2.39 bits per heavy atom. The van der Waals surface area contributed by atoms with Gasteiger partial charge >= 0.3 is 0 Å².